The van der Waals surface area contributed by atoms with Crippen LogP contribution in [0.3, 0.4) is 0 Å². The van der Waals surface area contributed by atoms with E-state index in [1.807, 2.05) is 43.3 Å². The molecule has 1 aliphatic carbocycles. The summed E-state index contributed by atoms with van der Waals surface area (Å²) in [5.74, 6) is -2.02. The number of rotatable bonds is 7. The van der Waals surface area contributed by atoms with Gasteiger partial charge in [-0.25, -0.2) is 4.79 Å². The molecule has 2 amide bonds. The molecule has 1 saturated heterocycles. The van der Waals surface area contributed by atoms with Gasteiger partial charge in [0, 0.05) is 26.1 Å². The predicted octanol–water partition coefficient (Wildman–Crippen LogP) is 3.11. The molecular formula is C26H30N2O6. The number of carboxylic acids is 1. The van der Waals surface area contributed by atoms with E-state index in [1.165, 1.54) is 12.0 Å². The molecule has 0 saturated carbocycles. The zero-order chi connectivity index (χ0) is 24.2. The van der Waals surface area contributed by atoms with Gasteiger partial charge in [-0.3, -0.25) is 9.59 Å². The second kappa shape index (κ2) is 10.3. The van der Waals surface area contributed by atoms with E-state index in [0.717, 1.165) is 22.3 Å². The maximum atomic E-state index is 13.1. The molecule has 2 aromatic rings. The Morgan fingerprint density at radius 3 is 2.29 bits per heavy atom. The molecule has 0 bridgehead atoms. The Bertz CT molecular complexity index is 1030. The standard InChI is InChI=1S/C26H30N2O6/c1-16-11-12-28(13-21(16)25(30)31)24(29)23(15-33-2)27-26(32)34-14-22-19-9-5-3-7-17(19)18-8-4-6-10-20(18)22/h3-10,16,21-23H,11-15H2,1-2H3,(H,27,32)(H,30,31). The minimum Gasteiger partial charge on any atom is -0.481 e. The van der Waals surface area contributed by atoms with Crippen LogP contribution >= 0.6 is 0 Å². The lowest BCUT2D eigenvalue weighted by Gasteiger charge is -2.36. The van der Waals surface area contributed by atoms with E-state index in [4.69, 9.17) is 9.47 Å². The van der Waals surface area contributed by atoms with Crippen LogP contribution in [-0.2, 0) is 19.1 Å². The van der Waals surface area contributed by atoms with Crippen LogP contribution in [0.15, 0.2) is 48.5 Å². The van der Waals surface area contributed by atoms with Crippen LogP contribution in [0.1, 0.15) is 30.4 Å². The Hall–Kier alpha value is -3.39. The molecule has 0 radical (unpaired) electrons. The Morgan fingerprint density at radius 1 is 1.09 bits per heavy atom. The summed E-state index contributed by atoms with van der Waals surface area (Å²) in [4.78, 5) is 38.8. The number of piperidine rings is 1. The smallest absolute Gasteiger partial charge is 0.407 e. The average Bonchev–Trinajstić information content (AvgIpc) is 3.16. The third-order valence-electron chi connectivity index (χ3n) is 6.85. The summed E-state index contributed by atoms with van der Waals surface area (Å²) in [6.07, 6.45) is -0.120. The number of carbonyl (C=O) groups is 3. The molecule has 180 valence electrons. The molecule has 1 heterocycles. The minimum atomic E-state index is -0.955. The van der Waals surface area contributed by atoms with Crippen molar-refractivity contribution in [3.8, 4) is 11.1 Å². The minimum absolute atomic E-state index is 0.0162. The highest BCUT2D eigenvalue weighted by molar-refractivity contribution is 5.86. The lowest BCUT2D eigenvalue weighted by molar-refractivity contribution is -0.148. The van der Waals surface area contributed by atoms with E-state index in [9.17, 15) is 19.5 Å². The summed E-state index contributed by atoms with van der Waals surface area (Å²) >= 11 is 0. The van der Waals surface area contributed by atoms with Gasteiger partial charge < -0.3 is 24.8 Å². The van der Waals surface area contributed by atoms with Crippen LogP contribution in [0, 0.1) is 11.8 Å². The molecule has 8 heteroatoms. The molecule has 34 heavy (non-hydrogen) atoms. The molecule has 1 aliphatic heterocycles. The molecule has 0 spiro atoms. The molecule has 8 nitrogen and oxygen atoms in total. The van der Waals surface area contributed by atoms with Gasteiger partial charge in [0.25, 0.3) is 0 Å². The Balaban J connectivity index is 1.40. The second-order valence-corrected chi connectivity index (χ2v) is 8.97. The molecule has 2 N–H and O–H groups in total. The number of hydrogen-bond acceptors (Lipinski definition) is 5. The zero-order valence-electron chi connectivity index (χ0n) is 19.4. The number of methoxy groups -OCH3 is 1. The summed E-state index contributed by atoms with van der Waals surface area (Å²) in [5.41, 5.74) is 4.46. The third kappa shape index (κ3) is 4.77. The lowest BCUT2D eigenvalue weighted by Crippen LogP contribution is -2.55. The van der Waals surface area contributed by atoms with Gasteiger partial charge in [0.2, 0.25) is 5.91 Å². The van der Waals surface area contributed by atoms with Crippen LogP contribution in [-0.4, -0.2) is 67.4 Å². The Labute approximate surface area is 198 Å². The summed E-state index contributed by atoms with van der Waals surface area (Å²) < 4.78 is 10.7. The van der Waals surface area contributed by atoms with Crippen LogP contribution in [0.25, 0.3) is 11.1 Å². The highest BCUT2D eigenvalue weighted by Gasteiger charge is 2.36. The fourth-order valence-electron chi connectivity index (χ4n) is 4.94. The van der Waals surface area contributed by atoms with Gasteiger partial charge in [-0.2, -0.15) is 0 Å². The first-order valence-corrected chi connectivity index (χ1v) is 11.5. The third-order valence-corrected chi connectivity index (χ3v) is 6.85. The van der Waals surface area contributed by atoms with Gasteiger partial charge in [-0.1, -0.05) is 55.5 Å². The van der Waals surface area contributed by atoms with Gasteiger partial charge in [0.05, 0.1) is 12.5 Å². The molecule has 1 fully saturated rings. The van der Waals surface area contributed by atoms with Crippen LogP contribution in [0.2, 0.25) is 0 Å². The number of carboxylic acid groups (broad SMARTS) is 1. The summed E-state index contributed by atoms with van der Waals surface area (Å²) in [5, 5.41) is 12.1. The number of hydrogen-bond donors (Lipinski definition) is 2. The number of alkyl carbamates (subject to hydrolysis) is 1. The molecular weight excluding hydrogens is 436 g/mol. The number of nitrogens with zero attached hydrogens (tertiary/aromatic N) is 1. The first-order valence-electron chi connectivity index (χ1n) is 11.5. The fourth-order valence-corrected chi connectivity index (χ4v) is 4.94. The summed E-state index contributed by atoms with van der Waals surface area (Å²) in [6, 6.07) is 15.2. The van der Waals surface area contributed by atoms with Crippen molar-refractivity contribution >= 4 is 18.0 Å². The van der Waals surface area contributed by atoms with Crippen molar-refractivity contribution < 1.29 is 29.0 Å². The first kappa shape index (κ1) is 23.8. The van der Waals surface area contributed by atoms with Crippen molar-refractivity contribution in [2.75, 3.05) is 33.4 Å². The number of fused-ring (bicyclic) bond motifs is 3. The van der Waals surface area contributed by atoms with Gasteiger partial charge >= 0.3 is 12.1 Å². The van der Waals surface area contributed by atoms with Gasteiger partial charge in [-0.05, 0) is 34.6 Å². The Kier molecular flexibility index (Phi) is 7.17. The van der Waals surface area contributed by atoms with E-state index in [-0.39, 0.29) is 37.5 Å². The SMILES string of the molecule is COCC(NC(=O)OCC1c2ccccc2-c2ccccc21)C(=O)N1CCC(C)C(C(=O)O)C1. The van der Waals surface area contributed by atoms with Crippen LogP contribution in [0.4, 0.5) is 4.79 Å². The number of likely N-dealkylation sites (tertiary alicyclic amines) is 1. The molecule has 2 aromatic carbocycles. The van der Waals surface area contributed by atoms with Crippen molar-refractivity contribution in [2.45, 2.75) is 25.3 Å². The average molecular weight is 467 g/mol. The van der Waals surface area contributed by atoms with Crippen molar-refractivity contribution in [3.05, 3.63) is 59.7 Å². The lowest BCUT2D eigenvalue weighted by atomic mass is 9.87. The quantitative estimate of drug-likeness (QED) is 0.650. The van der Waals surface area contributed by atoms with Gasteiger partial charge in [-0.15, -0.1) is 0 Å². The van der Waals surface area contributed by atoms with Crippen LogP contribution in [0.5, 0.6) is 0 Å². The monoisotopic (exact) mass is 466 g/mol. The molecule has 3 atom stereocenters. The van der Waals surface area contributed by atoms with E-state index < -0.39 is 24.0 Å². The van der Waals surface area contributed by atoms with Gasteiger partial charge in [0.15, 0.2) is 0 Å². The molecule has 0 aromatic heterocycles. The molecule has 4 rings (SSSR count). The topological polar surface area (TPSA) is 105 Å². The number of benzene rings is 2. The fraction of sp³-hybridized carbons (Fsp3) is 0.423. The predicted molar refractivity (Wildman–Crippen MR) is 125 cm³/mol. The van der Waals surface area contributed by atoms with E-state index in [2.05, 4.69) is 17.4 Å². The largest absolute Gasteiger partial charge is 0.481 e. The van der Waals surface area contributed by atoms with Gasteiger partial charge in [0.1, 0.15) is 12.6 Å². The number of nitrogens with one attached hydrogen (secondary N) is 1. The van der Waals surface area contributed by atoms with E-state index in [0.29, 0.717) is 13.0 Å². The zero-order valence-corrected chi connectivity index (χ0v) is 19.4. The number of carbonyl (C=O) groups excluding carboxylic acids is 2. The Morgan fingerprint density at radius 2 is 1.71 bits per heavy atom. The number of amides is 2. The molecule has 3 unspecified atom stereocenters. The normalized spacial score (nSPS) is 20.2. The molecule has 2 aliphatic rings. The van der Waals surface area contributed by atoms with E-state index >= 15 is 0 Å². The highest BCUT2D eigenvalue weighted by Crippen LogP contribution is 2.44. The number of ether oxygens (including phenoxy) is 2. The van der Waals surface area contributed by atoms with E-state index in [1.54, 1.807) is 0 Å². The number of aliphatic carboxylic acids is 1. The summed E-state index contributed by atoms with van der Waals surface area (Å²) in [6.45, 7) is 2.53. The van der Waals surface area contributed by atoms with Crippen molar-refractivity contribution in [2.24, 2.45) is 11.8 Å². The van der Waals surface area contributed by atoms with Crippen molar-refractivity contribution in [3.63, 3.8) is 0 Å². The van der Waals surface area contributed by atoms with Crippen LogP contribution < -0.4 is 5.32 Å². The second-order valence-electron chi connectivity index (χ2n) is 8.97. The highest BCUT2D eigenvalue weighted by atomic mass is 16.5. The van der Waals surface area contributed by atoms with Crippen molar-refractivity contribution in [1.29, 1.82) is 0 Å². The first-order chi connectivity index (χ1) is 16.4. The maximum Gasteiger partial charge on any atom is 0.407 e. The van der Waals surface area contributed by atoms with Crippen molar-refractivity contribution in [1.82, 2.24) is 10.2 Å². The summed E-state index contributed by atoms with van der Waals surface area (Å²) in [7, 11) is 1.44. The maximum absolute atomic E-state index is 13.1.